The highest BCUT2D eigenvalue weighted by atomic mass is 35.5. The Morgan fingerprint density at radius 2 is 2.15 bits per heavy atom. The normalized spacial score (nSPS) is 10.8. The number of nitrogens with zero attached hydrogens (tertiary/aromatic N) is 1. The average Bonchev–Trinajstić information content (AvgIpc) is 2.79. The molecule has 2 rings (SSSR count). The van der Waals surface area contributed by atoms with Crippen LogP contribution in [0.1, 0.15) is 31.3 Å². The zero-order valence-electron chi connectivity index (χ0n) is 11.1. The molecule has 0 saturated carbocycles. The van der Waals surface area contributed by atoms with E-state index in [-0.39, 0.29) is 5.02 Å². The second-order valence-electron chi connectivity index (χ2n) is 4.51. The van der Waals surface area contributed by atoms with Crippen LogP contribution in [0.15, 0.2) is 18.2 Å². The molecule has 108 valence electrons. The van der Waals surface area contributed by atoms with Crippen molar-refractivity contribution in [2.24, 2.45) is 0 Å². The summed E-state index contributed by atoms with van der Waals surface area (Å²) in [4.78, 5) is 7.41. The lowest BCUT2D eigenvalue weighted by Gasteiger charge is -2.07. The molecule has 2 N–H and O–H groups in total. The number of aromatic nitrogens is 2. The fraction of sp³-hybridized carbons (Fsp3) is 0.357. The number of imidazole rings is 1. The molecule has 6 heteroatoms. The number of rotatable bonds is 6. The summed E-state index contributed by atoms with van der Waals surface area (Å²) >= 11 is 11.8. The summed E-state index contributed by atoms with van der Waals surface area (Å²) in [7, 11) is 0. The number of aryl methyl sites for hydroxylation is 1. The van der Waals surface area contributed by atoms with Crippen molar-refractivity contribution in [2.75, 3.05) is 5.32 Å². The fourth-order valence-electron chi connectivity index (χ4n) is 1.84. The van der Waals surface area contributed by atoms with E-state index in [1.165, 1.54) is 6.07 Å². The van der Waals surface area contributed by atoms with Crippen LogP contribution in [-0.4, -0.2) is 9.97 Å². The first-order valence-electron chi connectivity index (χ1n) is 6.53. The second kappa shape index (κ2) is 6.95. The Balaban J connectivity index is 2.03. The molecule has 0 amide bonds. The molecule has 3 nitrogen and oxygen atoms in total. The number of hydrogen-bond acceptors (Lipinski definition) is 2. The molecule has 20 heavy (non-hydrogen) atoms. The van der Waals surface area contributed by atoms with Crippen molar-refractivity contribution in [3.63, 3.8) is 0 Å². The van der Waals surface area contributed by atoms with E-state index in [2.05, 4.69) is 22.2 Å². The average molecular weight is 316 g/mol. The van der Waals surface area contributed by atoms with Crippen LogP contribution < -0.4 is 5.32 Å². The van der Waals surface area contributed by atoms with Crippen LogP contribution in [-0.2, 0) is 13.0 Å². The molecule has 0 aliphatic rings. The first kappa shape index (κ1) is 15.1. The van der Waals surface area contributed by atoms with Crippen molar-refractivity contribution in [2.45, 2.75) is 32.7 Å². The third kappa shape index (κ3) is 3.64. The summed E-state index contributed by atoms with van der Waals surface area (Å²) in [5, 5.41) is 3.48. The molecule has 1 heterocycles. The first-order chi connectivity index (χ1) is 9.61. The Bertz CT molecular complexity index is 584. The Hall–Kier alpha value is -1.26. The molecule has 0 spiro atoms. The molecule has 0 bridgehead atoms. The Morgan fingerprint density at radius 1 is 1.35 bits per heavy atom. The lowest BCUT2D eigenvalue weighted by Crippen LogP contribution is -2.02. The van der Waals surface area contributed by atoms with Crippen molar-refractivity contribution < 1.29 is 4.39 Å². The monoisotopic (exact) mass is 315 g/mol. The van der Waals surface area contributed by atoms with Crippen LogP contribution in [0.25, 0.3) is 0 Å². The minimum Gasteiger partial charge on any atom is -0.377 e. The van der Waals surface area contributed by atoms with E-state index in [1.54, 1.807) is 12.1 Å². The SMILES string of the molecule is CCCCc1nc(Cl)c(CNc2cccc(Cl)c2F)[nH]1. The second-order valence-corrected chi connectivity index (χ2v) is 5.28. The summed E-state index contributed by atoms with van der Waals surface area (Å²) in [5.41, 5.74) is 1.09. The van der Waals surface area contributed by atoms with Crippen LogP contribution in [0.2, 0.25) is 10.2 Å². The highest BCUT2D eigenvalue weighted by Gasteiger charge is 2.10. The maximum Gasteiger partial charge on any atom is 0.164 e. The Morgan fingerprint density at radius 3 is 2.90 bits per heavy atom. The molecule has 0 unspecified atom stereocenters. The van der Waals surface area contributed by atoms with Gasteiger partial charge in [-0.25, -0.2) is 9.37 Å². The fourth-order valence-corrected chi connectivity index (χ4v) is 2.23. The van der Waals surface area contributed by atoms with Gasteiger partial charge in [0.15, 0.2) is 11.0 Å². The molecular weight excluding hydrogens is 300 g/mol. The third-order valence-electron chi connectivity index (χ3n) is 2.95. The minimum atomic E-state index is -0.462. The topological polar surface area (TPSA) is 40.7 Å². The van der Waals surface area contributed by atoms with Crippen LogP contribution in [0.3, 0.4) is 0 Å². The van der Waals surface area contributed by atoms with E-state index in [4.69, 9.17) is 23.2 Å². The Labute approximate surface area is 127 Å². The summed E-state index contributed by atoms with van der Waals surface area (Å²) in [6.07, 6.45) is 3.01. The first-order valence-corrected chi connectivity index (χ1v) is 7.28. The number of hydrogen-bond donors (Lipinski definition) is 2. The smallest absolute Gasteiger partial charge is 0.164 e. The van der Waals surface area contributed by atoms with Crippen LogP contribution in [0, 0.1) is 5.82 Å². The van der Waals surface area contributed by atoms with Gasteiger partial charge in [0.25, 0.3) is 0 Å². The van der Waals surface area contributed by atoms with Crippen molar-refractivity contribution in [1.29, 1.82) is 0 Å². The molecule has 0 fully saturated rings. The third-order valence-corrected chi connectivity index (χ3v) is 3.56. The molecule has 1 aromatic heterocycles. The molecule has 2 aromatic rings. The van der Waals surface area contributed by atoms with Gasteiger partial charge >= 0.3 is 0 Å². The van der Waals surface area contributed by atoms with Crippen molar-refractivity contribution in [3.8, 4) is 0 Å². The molecule has 0 atom stereocenters. The molecule has 0 saturated heterocycles. The number of benzene rings is 1. The summed E-state index contributed by atoms with van der Waals surface area (Å²) in [5.74, 6) is 0.399. The van der Waals surface area contributed by atoms with E-state index in [1.807, 2.05) is 0 Å². The number of H-pyrrole nitrogens is 1. The summed E-state index contributed by atoms with van der Waals surface area (Å²) in [6.45, 7) is 2.49. The van der Waals surface area contributed by atoms with E-state index >= 15 is 0 Å². The van der Waals surface area contributed by atoms with Crippen molar-refractivity contribution >= 4 is 28.9 Å². The predicted molar refractivity (Wildman–Crippen MR) is 80.9 cm³/mol. The molecule has 0 radical (unpaired) electrons. The van der Waals surface area contributed by atoms with Gasteiger partial charge in [-0.3, -0.25) is 0 Å². The summed E-state index contributed by atoms with van der Waals surface area (Å²) < 4.78 is 13.7. The van der Waals surface area contributed by atoms with Gasteiger partial charge < -0.3 is 10.3 Å². The lowest BCUT2D eigenvalue weighted by atomic mass is 10.2. The van der Waals surface area contributed by atoms with Gasteiger partial charge in [-0.15, -0.1) is 0 Å². The van der Waals surface area contributed by atoms with Gasteiger partial charge in [-0.05, 0) is 18.6 Å². The van der Waals surface area contributed by atoms with Gasteiger partial charge in [0.05, 0.1) is 22.9 Å². The van der Waals surface area contributed by atoms with Gasteiger partial charge in [0.1, 0.15) is 5.82 Å². The largest absolute Gasteiger partial charge is 0.377 e. The van der Waals surface area contributed by atoms with Crippen molar-refractivity contribution in [1.82, 2.24) is 9.97 Å². The van der Waals surface area contributed by atoms with Gasteiger partial charge in [0.2, 0.25) is 0 Å². The minimum absolute atomic E-state index is 0.0920. The van der Waals surface area contributed by atoms with E-state index in [0.29, 0.717) is 17.4 Å². The van der Waals surface area contributed by atoms with Crippen LogP contribution >= 0.6 is 23.2 Å². The van der Waals surface area contributed by atoms with Crippen LogP contribution in [0.4, 0.5) is 10.1 Å². The quantitative estimate of drug-likeness (QED) is 0.803. The molecule has 0 aliphatic carbocycles. The van der Waals surface area contributed by atoms with Gasteiger partial charge in [0, 0.05) is 6.42 Å². The zero-order valence-corrected chi connectivity index (χ0v) is 12.7. The highest BCUT2D eigenvalue weighted by molar-refractivity contribution is 6.31. The maximum absolute atomic E-state index is 13.7. The Kier molecular flexibility index (Phi) is 5.26. The number of halogens is 3. The van der Waals surface area contributed by atoms with Gasteiger partial charge in [-0.1, -0.05) is 42.6 Å². The molecule has 1 aromatic carbocycles. The summed E-state index contributed by atoms with van der Waals surface area (Å²) in [6, 6.07) is 4.83. The van der Waals surface area contributed by atoms with Crippen molar-refractivity contribution in [3.05, 3.63) is 45.7 Å². The van der Waals surface area contributed by atoms with Gasteiger partial charge in [-0.2, -0.15) is 0 Å². The predicted octanol–water partition coefficient (Wildman–Crippen LogP) is 4.81. The lowest BCUT2D eigenvalue weighted by molar-refractivity contribution is 0.630. The van der Waals surface area contributed by atoms with Crippen LogP contribution in [0.5, 0.6) is 0 Å². The number of nitrogens with one attached hydrogen (secondary N) is 2. The maximum atomic E-state index is 13.7. The molecular formula is C14H16Cl2FN3. The van der Waals surface area contributed by atoms with E-state index < -0.39 is 5.82 Å². The number of anilines is 1. The standard InChI is InChI=1S/C14H16Cl2FN3/c1-2-3-7-12-19-11(14(16)20-12)8-18-10-6-4-5-9(15)13(10)17/h4-6,18H,2-3,7-8H2,1H3,(H,19,20). The zero-order chi connectivity index (χ0) is 14.5. The molecule has 0 aliphatic heterocycles. The van der Waals surface area contributed by atoms with E-state index in [9.17, 15) is 4.39 Å². The van der Waals surface area contributed by atoms with E-state index in [0.717, 1.165) is 30.8 Å². The highest BCUT2D eigenvalue weighted by Crippen LogP contribution is 2.23. The number of aromatic amines is 1. The number of unbranched alkanes of at least 4 members (excludes halogenated alkanes) is 1.